The number of nitrogens with zero attached hydrogens (tertiary/aromatic N) is 2. The van der Waals surface area contributed by atoms with E-state index in [1.54, 1.807) is 0 Å². The van der Waals surface area contributed by atoms with Crippen molar-refractivity contribution < 1.29 is 9.13 Å². The second-order valence-electron chi connectivity index (χ2n) is 2.38. The van der Waals surface area contributed by atoms with E-state index in [0.717, 1.165) is 11.5 Å². The van der Waals surface area contributed by atoms with E-state index in [-0.39, 0.29) is 5.82 Å². The molecule has 1 aromatic heterocycles. The Kier molecular flexibility index (Phi) is 2.74. The monoisotopic (exact) mass is 274 g/mol. The molecule has 0 fully saturated rings. The van der Waals surface area contributed by atoms with E-state index in [9.17, 15) is 4.39 Å². The largest absolute Gasteiger partial charge is 0.429 e. The maximum absolute atomic E-state index is 12.7. The fourth-order valence-electron chi connectivity index (χ4n) is 0.860. The highest BCUT2D eigenvalue weighted by Gasteiger charge is 2.05. The quantitative estimate of drug-likeness (QED) is 0.844. The molecule has 1 aromatic carbocycles. The highest BCUT2D eigenvalue weighted by molar-refractivity contribution is 9.10. The van der Waals surface area contributed by atoms with Gasteiger partial charge in [0.05, 0.1) is 4.47 Å². The summed E-state index contributed by atoms with van der Waals surface area (Å²) in [5, 5.41) is 0.428. The predicted octanol–water partition coefficient (Wildman–Crippen LogP) is 3.23. The second kappa shape index (κ2) is 4.02. The zero-order chi connectivity index (χ0) is 9.97. The van der Waals surface area contributed by atoms with Crippen LogP contribution in [-0.2, 0) is 0 Å². The number of aromatic nitrogens is 2. The smallest absolute Gasteiger partial charge is 0.298 e. The molecule has 0 atom stereocenters. The molecule has 0 spiro atoms. The molecule has 1 heterocycles. The van der Waals surface area contributed by atoms with Crippen LogP contribution in [0.3, 0.4) is 0 Å². The lowest BCUT2D eigenvalue weighted by Gasteiger charge is -2.02. The van der Waals surface area contributed by atoms with Crippen LogP contribution >= 0.6 is 27.5 Å². The van der Waals surface area contributed by atoms with Crippen LogP contribution in [0.15, 0.2) is 29.0 Å². The first-order valence-corrected chi connectivity index (χ1v) is 5.22. The number of hydrogen-bond donors (Lipinski definition) is 0. The Bertz CT molecular complexity index is 435. The molecule has 2 rings (SSSR count). The molecular formula is C8H4BrFN2OS. The fourth-order valence-corrected chi connectivity index (χ4v) is 1.70. The van der Waals surface area contributed by atoms with Crippen molar-refractivity contribution in [3.63, 3.8) is 0 Å². The summed E-state index contributed by atoms with van der Waals surface area (Å²) in [6, 6.07) is 4.18. The first-order chi connectivity index (χ1) is 6.75. The van der Waals surface area contributed by atoms with Gasteiger partial charge >= 0.3 is 0 Å². The highest BCUT2D eigenvalue weighted by atomic mass is 79.9. The van der Waals surface area contributed by atoms with E-state index in [4.69, 9.17) is 4.74 Å². The Morgan fingerprint density at radius 3 is 2.93 bits per heavy atom. The number of rotatable bonds is 2. The van der Waals surface area contributed by atoms with Gasteiger partial charge in [-0.25, -0.2) is 4.39 Å². The zero-order valence-electron chi connectivity index (χ0n) is 6.78. The van der Waals surface area contributed by atoms with Gasteiger partial charge < -0.3 is 4.74 Å². The van der Waals surface area contributed by atoms with Crippen LogP contribution in [0, 0.1) is 5.82 Å². The van der Waals surface area contributed by atoms with E-state index in [1.165, 1.54) is 24.5 Å². The fraction of sp³-hybridized carbons (Fsp3) is 0. The minimum atomic E-state index is -0.318. The zero-order valence-corrected chi connectivity index (χ0v) is 9.18. The van der Waals surface area contributed by atoms with Gasteiger partial charge in [0.25, 0.3) is 5.19 Å². The van der Waals surface area contributed by atoms with Crippen molar-refractivity contribution in [3.05, 3.63) is 34.8 Å². The SMILES string of the molecule is Fc1ccc(Oc2ncns2)c(Br)c1. The third kappa shape index (κ3) is 2.08. The first kappa shape index (κ1) is 9.54. The lowest BCUT2D eigenvalue weighted by molar-refractivity contribution is 0.473. The van der Waals surface area contributed by atoms with Crippen molar-refractivity contribution in [1.82, 2.24) is 9.36 Å². The third-order valence-electron chi connectivity index (χ3n) is 1.43. The van der Waals surface area contributed by atoms with E-state index in [2.05, 4.69) is 25.3 Å². The van der Waals surface area contributed by atoms with Crippen LogP contribution in [-0.4, -0.2) is 9.36 Å². The molecule has 0 saturated carbocycles. The number of hydrogen-bond acceptors (Lipinski definition) is 4. The van der Waals surface area contributed by atoms with Gasteiger partial charge in [0, 0.05) is 11.5 Å². The van der Waals surface area contributed by atoms with Crippen molar-refractivity contribution >= 4 is 27.5 Å². The first-order valence-electron chi connectivity index (χ1n) is 3.65. The van der Waals surface area contributed by atoms with E-state index < -0.39 is 0 Å². The molecule has 0 saturated heterocycles. The highest BCUT2D eigenvalue weighted by Crippen LogP contribution is 2.30. The maximum atomic E-state index is 12.7. The Hall–Kier alpha value is -1.01. The van der Waals surface area contributed by atoms with Crippen LogP contribution in [0.25, 0.3) is 0 Å². The lowest BCUT2D eigenvalue weighted by Crippen LogP contribution is -1.85. The molecule has 3 nitrogen and oxygen atoms in total. The van der Waals surface area contributed by atoms with E-state index in [0.29, 0.717) is 15.4 Å². The summed E-state index contributed by atoms with van der Waals surface area (Å²) in [4.78, 5) is 3.85. The van der Waals surface area contributed by atoms with Crippen molar-refractivity contribution in [1.29, 1.82) is 0 Å². The van der Waals surface area contributed by atoms with E-state index >= 15 is 0 Å². The summed E-state index contributed by atoms with van der Waals surface area (Å²) in [7, 11) is 0. The van der Waals surface area contributed by atoms with Crippen LogP contribution < -0.4 is 4.74 Å². The Morgan fingerprint density at radius 1 is 1.43 bits per heavy atom. The summed E-state index contributed by atoms with van der Waals surface area (Å²) < 4.78 is 22.4. The normalized spacial score (nSPS) is 10.1. The average molecular weight is 275 g/mol. The molecule has 72 valence electrons. The molecule has 14 heavy (non-hydrogen) atoms. The van der Waals surface area contributed by atoms with Crippen molar-refractivity contribution in [2.24, 2.45) is 0 Å². The molecule has 0 aliphatic heterocycles. The Labute approximate surface area is 91.9 Å². The minimum Gasteiger partial charge on any atom is -0.429 e. The van der Waals surface area contributed by atoms with Gasteiger partial charge in [-0.15, -0.1) is 0 Å². The molecule has 0 aliphatic rings. The van der Waals surface area contributed by atoms with Crippen LogP contribution in [0.1, 0.15) is 0 Å². The average Bonchev–Trinajstić information content (AvgIpc) is 2.62. The number of halogens is 2. The Morgan fingerprint density at radius 2 is 2.29 bits per heavy atom. The second-order valence-corrected chi connectivity index (χ2v) is 3.98. The number of ether oxygens (including phenoxy) is 1. The molecule has 0 amide bonds. The standard InChI is InChI=1S/C8H4BrFN2OS/c9-6-3-5(10)1-2-7(6)13-8-11-4-12-14-8/h1-4H. The van der Waals surface area contributed by atoms with Crippen molar-refractivity contribution in [2.45, 2.75) is 0 Å². The molecule has 0 aliphatic carbocycles. The summed E-state index contributed by atoms with van der Waals surface area (Å²) in [5.41, 5.74) is 0. The molecule has 0 N–H and O–H groups in total. The minimum absolute atomic E-state index is 0.318. The maximum Gasteiger partial charge on any atom is 0.298 e. The third-order valence-corrected chi connectivity index (χ3v) is 2.60. The molecule has 0 unspecified atom stereocenters. The molecule has 0 bridgehead atoms. The van der Waals surface area contributed by atoms with Crippen LogP contribution in [0.4, 0.5) is 4.39 Å². The van der Waals surface area contributed by atoms with Gasteiger partial charge in [-0.05, 0) is 34.1 Å². The van der Waals surface area contributed by atoms with E-state index in [1.807, 2.05) is 0 Å². The predicted molar refractivity (Wildman–Crippen MR) is 54.1 cm³/mol. The summed E-state index contributed by atoms with van der Waals surface area (Å²) >= 11 is 4.32. The van der Waals surface area contributed by atoms with Gasteiger partial charge in [0.15, 0.2) is 0 Å². The molecule has 2 aromatic rings. The van der Waals surface area contributed by atoms with Crippen LogP contribution in [0.5, 0.6) is 10.9 Å². The lowest BCUT2D eigenvalue weighted by atomic mass is 10.3. The number of benzene rings is 1. The molecular weight excluding hydrogens is 271 g/mol. The molecule has 6 heteroatoms. The van der Waals surface area contributed by atoms with Gasteiger partial charge in [-0.2, -0.15) is 9.36 Å². The summed E-state index contributed by atoms with van der Waals surface area (Å²) in [6.45, 7) is 0. The topological polar surface area (TPSA) is 35.0 Å². The van der Waals surface area contributed by atoms with Crippen molar-refractivity contribution in [3.8, 4) is 10.9 Å². The Balaban J connectivity index is 2.25. The summed E-state index contributed by atoms with van der Waals surface area (Å²) in [5.74, 6) is 0.199. The van der Waals surface area contributed by atoms with Gasteiger partial charge in [0.2, 0.25) is 0 Å². The van der Waals surface area contributed by atoms with Crippen molar-refractivity contribution in [2.75, 3.05) is 0 Å². The van der Waals surface area contributed by atoms with Gasteiger partial charge in [0.1, 0.15) is 17.9 Å². The summed E-state index contributed by atoms with van der Waals surface area (Å²) in [6.07, 6.45) is 1.40. The van der Waals surface area contributed by atoms with Crippen LogP contribution in [0.2, 0.25) is 0 Å². The molecule has 0 radical (unpaired) electrons. The van der Waals surface area contributed by atoms with Gasteiger partial charge in [-0.1, -0.05) is 0 Å². The van der Waals surface area contributed by atoms with Gasteiger partial charge in [-0.3, -0.25) is 0 Å².